The second-order valence-electron chi connectivity index (χ2n) is 5.52. The van der Waals surface area contributed by atoms with Crippen LogP contribution in [0.25, 0.3) is 0 Å². The Bertz CT molecular complexity index is 425. The standard InChI is InChI=1S/C16H24N2O/c1-13-7-6-8-14(11-13)17-12-16(19)18(2)15-9-4-3-5-10-15/h6-8,11,15,17H,3-5,9-10,12H2,1-2H3. The monoisotopic (exact) mass is 260 g/mol. The van der Waals surface area contributed by atoms with Crippen LogP contribution >= 0.6 is 0 Å². The van der Waals surface area contributed by atoms with Crippen molar-refractivity contribution in [1.29, 1.82) is 0 Å². The zero-order valence-electron chi connectivity index (χ0n) is 12.0. The molecule has 1 aliphatic carbocycles. The fourth-order valence-corrected chi connectivity index (χ4v) is 2.73. The summed E-state index contributed by atoms with van der Waals surface area (Å²) >= 11 is 0. The molecule has 2 rings (SSSR count). The van der Waals surface area contributed by atoms with E-state index in [9.17, 15) is 4.79 Å². The molecule has 0 bridgehead atoms. The number of carbonyl (C=O) groups excluding carboxylic acids is 1. The highest BCUT2D eigenvalue weighted by molar-refractivity contribution is 5.81. The Morgan fingerprint density at radius 2 is 2.05 bits per heavy atom. The molecule has 1 fully saturated rings. The molecule has 0 aromatic heterocycles. The molecule has 1 aromatic carbocycles. The van der Waals surface area contributed by atoms with Crippen molar-refractivity contribution in [3.63, 3.8) is 0 Å². The average molecular weight is 260 g/mol. The number of likely N-dealkylation sites (N-methyl/N-ethyl adjacent to an activating group) is 1. The first-order chi connectivity index (χ1) is 9.16. The molecule has 104 valence electrons. The Hall–Kier alpha value is -1.51. The molecule has 1 aromatic rings. The molecule has 0 aliphatic heterocycles. The first-order valence-corrected chi connectivity index (χ1v) is 7.23. The van der Waals surface area contributed by atoms with E-state index in [1.807, 2.05) is 24.1 Å². The van der Waals surface area contributed by atoms with E-state index in [1.54, 1.807) is 0 Å². The van der Waals surface area contributed by atoms with E-state index in [0.29, 0.717) is 12.6 Å². The van der Waals surface area contributed by atoms with Crippen LogP contribution in [-0.2, 0) is 4.79 Å². The summed E-state index contributed by atoms with van der Waals surface area (Å²) in [7, 11) is 1.94. The van der Waals surface area contributed by atoms with Crippen molar-refractivity contribution in [3.05, 3.63) is 29.8 Å². The van der Waals surface area contributed by atoms with Gasteiger partial charge in [0.15, 0.2) is 0 Å². The number of anilines is 1. The molecule has 1 aliphatic rings. The minimum atomic E-state index is 0.188. The molecule has 0 atom stereocenters. The number of hydrogen-bond acceptors (Lipinski definition) is 2. The van der Waals surface area contributed by atoms with Gasteiger partial charge in [0.05, 0.1) is 6.54 Å². The number of hydrogen-bond donors (Lipinski definition) is 1. The third-order valence-electron chi connectivity index (χ3n) is 3.98. The maximum atomic E-state index is 12.2. The lowest BCUT2D eigenvalue weighted by atomic mass is 9.94. The first kappa shape index (κ1) is 13.9. The van der Waals surface area contributed by atoms with Gasteiger partial charge in [-0.3, -0.25) is 4.79 Å². The normalized spacial score (nSPS) is 16.1. The highest BCUT2D eigenvalue weighted by atomic mass is 16.2. The van der Waals surface area contributed by atoms with Gasteiger partial charge in [0.2, 0.25) is 5.91 Å². The van der Waals surface area contributed by atoms with Gasteiger partial charge in [-0.05, 0) is 37.5 Å². The van der Waals surface area contributed by atoms with Gasteiger partial charge >= 0.3 is 0 Å². The predicted octanol–water partition coefficient (Wildman–Crippen LogP) is 3.20. The van der Waals surface area contributed by atoms with Crippen LogP contribution in [-0.4, -0.2) is 30.4 Å². The van der Waals surface area contributed by atoms with Crippen LogP contribution in [0.15, 0.2) is 24.3 Å². The molecule has 3 heteroatoms. The van der Waals surface area contributed by atoms with Crippen LogP contribution in [0.4, 0.5) is 5.69 Å². The van der Waals surface area contributed by atoms with Gasteiger partial charge in [0.1, 0.15) is 0 Å². The molecule has 1 saturated carbocycles. The van der Waals surface area contributed by atoms with Crippen LogP contribution in [0.5, 0.6) is 0 Å². The molecule has 0 unspecified atom stereocenters. The average Bonchev–Trinajstić information content (AvgIpc) is 2.45. The summed E-state index contributed by atoms with van der Waals surface area (Å²) in [5, 5.41) is 3.21. The van der Waals surface area contributed by atoms with Gasteiger partial charge in [-0.15, -0.1) is 0 Å². The van der Waals surface area contributed by atoms with Gasteiger partial charge in [-0.1, -0.05) is 31.4 Å². The SMILES string of the molecule is Cc1cccc(NCC(=O)N(C)C2CCCCC2)c1. The van der Waals surface area contributed by atoms with Crippen molar-refractivity contribution in [1.82, 2.24) is 4.90 Å². The van der Waals surface area contributed by atoms with Crippen LogP contribution in [0.1, 0.15) is 37.7 Å². The third-order valence-corrected chi connectivity index (χ3v) is 3.98. The number of benzene rings is 1. The molecule has 1 amide bonds. The Balaban J connectivity index is 1.83. The van der Waals surface area contributed by atoms with E-state index in [2.05, 4.69) is 24.4 Å². The molecule has 0 heterocycles. The minimum Gasteiger partial charge on any atom is -0.376 e. The smallest absolute Gasteiger partial charge is 0.241 e. The summed E-state index contributed by atoms with van der Waals surface area (Å²) in [6, 6.07) is 8.57. The van der Waals surface area contributed by atoms with Crippen molar-refractivity contribution >= 4 is 11.6 Å². The number of rotatable bonds is 4. The predicted molar refractivity (Wildman–Crippen MR) is 79.3 cm³/mol. The van der Waals surface area contributed by atoms with Crippen LogP contribution in [0.2, 0.25) is 0 Å². The number of nitrogens with zero attached hydrogens (tertiary/aromatic N) is 1. The maximum absolute atomic E-state index is 12.2. The van der Waals surface area contributed by atoms with Crippen molar-refractivity contribution in [2.75, 3.05) is 18.9 Å². The lowest BCUT2D eigenvalue weighted by Gasteiger charge is -2.31. The Morgan fingerprint density at radius 1 is 1.32 bits per heavy atom. The summed E-state index contributed by atoms with van der Waals surface area (Å²) in [6.45, 7) is 2.44. The van der Waals surface area contributed by atoms with Gasteiger partial charge < -0.3 is 10.2 Å². The fraction of sp³-hybridized carbons (Fsp3) is 0.562. The van der Waals surface area contributed by atoms with Crippen molar-refractivity contribution in [2.24, 2.45) is 0 Å². The molecule has 0 spiro atoms. The second-order valence-corrected chi connectivity index (χ2v) is 5.52. The summed E-state index contributed by atoms with van der Waals surface area (Å²) in [4.78, 5) is 14.1. The highest BCUT2D eigenvalue weighted by Gasteiger charge is 2.21. The topological polar surface area (TPSA) is 32.3 Å². The lowest BCUT2D eigenvalue weighted by Crippen LogP contribution is -2.41. The van der Waals surface area contributed by atoms with Crippen LogP contribution < -0.4 is 5.32 Å². The largest absolute Gasteiger partial charge is 0.376 e. The Labute approximate surface area is 116 Å². The van der Waals surface area contributed by atoms with Gasteiger partial charge in [-0.25, -0.2) is 0 Å². The van der Waals surface area contributed by atoms with Crippen molar-refractivity contribution in [3.8, 4) is 0 Å². The molecular weight excluding hydrogens is 236 g/mol. The molecule has 0 saturated heterocycles. The van der Waals surface area contributed by atoms with Crippen molar-refractivity contribution in [2.45, 2.75) is 45.1 Å². The molecular formula is C16H24N2O. The Kier molecular flexibility index (Phi) is 4.83. The molecule has 0 radical (unpaired) electrons. The van der Waals surface area contributed by atoms with Crippen molar-refractivity contribution < 1.29 is 4.79 Å². The van der Waals surface area contributed by atoms with E-state index in [1.165, 1.54) is 24.8 Å². The molecule has 1 N–H and O–H groups in total. The summed E-state index contributed by atoms with van der Waals surface area (Å²) < 4.78 is 0. The first-order valence-electron chi connectivity index (χ1n) is 7.23. The van der Waals surface area contributed by atoms with E-state index >= 15 is 0 Å². The van der Waals surface area contributed by atoms with E-state index in [4.69, 9.17) is 0 Å². The number of amides is 1. The zero-order valence-corrected chi connectivity index (χ0v) is 12.0. The fourth-order valence-electron chi connectivity index (χ4n) is 2.73. The summed E-state index contributed by atoms with van der Waals surface area (Å²) in [5.74, 6) is 0.188. The van der Waals surface area contributed by atoms with Gasteiger partial charge in [-0.2, -0.15) is 0 Å². The van der Waals surface area contributed by atoms with E-state index < -0.39 is 0 Å². The summed E-state index contributed by atoms with van der Waals surface area (Å²) in [5.41, 5.74) is 2.23. The minimum absolute atomic E-state index is 0.188. The highest BCUT2D eigenvalue weighted by Crippen LogP contribution is 2.21. The van der Waals surface area contributed by atoms with E-state index in [0.717, 1.165) is 18.5 Å². The van der Waals surface area contributed by atoms with Crippen LogP contribution in [0.3, 0.4) is 0 Å². The van der Waals surface area contributed by atoms with E-state index in [-0.39, 0.29) is 5.91 Å². The number of aryl methyl sites for hydroxylation is 1. The zero-order chi connectivity index (χ0) is 13.7. The lowest BCUT2D eigenvalue weighted by molar-refractivity contribution is -0.130. The second kappa shape index (κ2) is 6.60. The summed E-state index contributed by atoms with van der Waals surface area (Å²) in [6.07, 6.45) is 6.15. The molecule has 3 nitrogen and oxygen atoms in total. The molecule has 19 heavy (non-hydrogen) atoms. The van der Waals surface area contributed by atoms with Gasteiger partial charge in [0.25, 0.3) is 0 Å². The van der Waals surface area contributed by atoms with Gasteiger partial charge in [0, 0.05) is 18.8 Å². The third kappa shape index (κ3) is 3.98. The number of carbonyl (C=O) groups is 1. The maximum Gasteiger partial charge on any atom is 0.241 e. The van der Waals surface area contributed by atoms with Crippen LogP contribution in [0, 0.1) is 6.92 Å². The quantitative estimate of drug-likeness (QED) is 0.901. The Morgan fingerprint density at radius 3 is 2.74 bits per heavy atom. The number of nitrogens with one attached hydrogen (secondary N) is 1.